The third-order valence-electron chi connectivity index (χ3n) is 6.65. The fourth-order valence-corrected chi connectivity index (χ4v) is 4.70. The first kappa shape index (κ1) is 23.9. The molecule has 0 amide bonds. The van der Waals surface area contributed by atoms with Crippen LogP contribution < -0.4 is 26.2 Å². The van der Waals surface area contributed by atoms with Crippen LogP contribution in [-0.4, -0.2) is 55.3 Å². The van der Waals surface area contributed by atoms with Crippen LogP contribution in [0.1, 0.15) is 55.3 Å². The fourth-order valence-electron chi connectivity index (χ4n) is 4.70. The maximum absolute atomic E-state index is 4.75. The van der Waals surface area contributed by atoms with Crippen molar-refractivity contribution < 1.29 is 0 Å². The summed E-state index contributed by atoms with van der Waals surface area (Å²) in [6, 6.07) is 11.7. The topological polar surface area (TPSA) is 77.1 Å². The second-order valence-electron chi connectivity index (χ2n) is 9.42. The van der Waals surface area contributed by atoms with E-state index in [0.29, 0.717) is 5.95 Å². The third-order valence-corrected chi connectivity index (χ3v) is 6.65. The predicted octanol–water partition coefficient (Wildman–Crippen LogP) is 3.21. The van der Waals surface area contributed by atoms with E-state index in [0.717, 1.165) is 69.9 Å². The Bertz CT molecular complexity index is 827. The first-order chi connectivity index (χ1) is 16.3. The second-order valence-corrected chi connectivity index (χ2v) is 9.42. The molecule has 4 N–H and O–H groups in total. The van der Waals surface area contributed by atoms with Gasteiger partial charge < -0.3 is 26.2 Å². The Hall–Kier alpha value is -2.22. The fraction of sp³-hybridized carbons (Fsp3) is 0.615. The lowest BCUT2D eigenvalue weighted by Gasteiger charge is -2.28. The summed E-state index contributed by atoms with van der Waals surface area (Å²) in [5, 5.41) is 14.1. The van der Waals surface area contributed by atoms with Crippen molar-refractivity contribution in [2.24, 2.45) is 0 Å². The molecule has 0 radical (unpaired) electrons. The number of hydrogen-bond acceptors (Lipinski definition) is 7. The van der Waals surface area contributed by atoms with Crippen LogP contribution in [0.3, 0.4) is 0 Å². The molecule has 1 aliphatic carbocycles. The Balaban J connectivity index is 1.15. The zero-order valence-corrected chi connectivity index (χ0v) is 20.2. The summed E-state index contributed by atoms with van der Waals surface area (Å²) < 4.78 is 0. The number of nitrogens with zero attached hydrogens (tertiary/aromatic N) is 3. The largest absolute Gasteiger partial charge is 0.354 e. The zero-order chi connectivity index (χ0) is 22.7. The first-order valence-corrected chi connectivity index (χ1v) is 12.8. The molecule has 1 saturated carbocycles. The Kier molecular flexibility index (Phi) is 9.33. The lowest BCUT2D eigenvalue weighted by atomic mass is 9.95. The predicted molar refractivity (Wildman–Crippen MR) is 137 cm³/mol. The van der Waals surface area contributed by atoms with Gasteiger partial charge in [0.2, 0.25) is 5.95 Å². The highest BCUT2D eigenvalue weighted by Crippen LogP contribution is 2.17. The van der Waals surface area contributed by atoms with E-state index in [9.17, 15) is 0 Å². The Labute approximate surface area is 199 Å². The van der Waals surface area contributed by atoms with Crippen LogP contribution in [0.5, 0.6) is 0 Å². The van der Waals surface area contributed by atoms with Gasteiger partial charge in [0.1, 0.15) is 5.82 Å². The molecule has 1 aromatic heterocycles. The van der Waals surface area contributed by atoms with Gasteiger partial charge in [-0.15, -0.1) is 0 Å². The lowest BCUT2D eigenvalue weighted by Crippen LogP contribution is -2.44. The summed E-state index contributed by atoms with van der Waals surface area (Å²) >= 11 is 0. The van der Waals surface area contributed by atoms with Crippen molar-refractivity contribution in [3.05, 3.63) is 47.2 Å². The van der Waals surface area contributed by atoms with Crippen LogP contribution >= 0.6 is 0 Å². The van der Waals surface area contributed by atoms with Crippen molar-refractivity contribution in [1.29, 1.82) is 0 Å². The highest BCUT2D eigenvalue weighted by atomic mass is 15.3. The van der Waals surface area contributed by atoms with E-state index < -0.39 is 0 Å². The third kappa shape index (κ3) is 7.95. The number of nitrogens with one attached hydrogen (secondary N) is 4. The van der Waals surface area contributed by atoms with Crippen LogP contribution in [-0.2, 0) is 13.1 Å². The molecular formula is C26H41N7. The molecule has 0 atom stereocenters. The maximum atomic E-state index is 4.75. The number of aromatic nitrogens is 2. The van der Waals surface area contributed by atoms with Crippen LogP contribution in [0.2, 0.25) is 0 Å². The molecule has 2 fully saturated rings. The van der Waals surface area contributed by atoms with Crippen molar-refractivity contribution in [3.63, 3.8) is 0 Å². The normalized spacial score (nSPS) is 17.3. The first-order valence-electron chi connectivity index (χ1n) is 12.8. The number of anilines is 2. The van der Waals surface area contributed by atoms with E-state index in [1.54, 1.807) is 0 Å². The molecule has 33 heavy (non-hydrogen) atoms. The number of piperazine rings is 1. The molecule has 7 nitrogen and oxygen atoms in total. The van der Waals surface area contributed by atoms with Crippen LogP contribution in [0.15, 0.2) is 30.3 Å². The second kappa shape index (κ2) is 12.9. The lowest BCUT2D eigenvalue weighted by molar-refractivity contribution is 0.371. The highest BCUT2D eigenvalue weighted by molar-refractivity contribution is 5.45. The van der Waals surface area contributed by atoms with Crippen molar-refractivity contribution in [3.8, 4) is 0 Å². The summed E-state index contributed by atoms with van der Waals surface area (Å²) in [5.41, 5.74) is 3.56. The Morgan fingerprint density at radius 3 is 2.42 bits per heavy atom. The van der Waals surface area contributed by atoms with Crippen molar-refractivity contribution in [2.75, 3.05) is 49.5 Å². The molecule has 7 heteroatoms. The van der Waals surface area contributed by atoms with E-state index in [2.05, 4.69) is 61.5 Å². The van der Waals surface area contributed by atoms with E-state index in [1.165, 1.54) is 49.7 Å². The van der Waals surface area contributed by atoms with Crippen LogP contribution in [0.4, 0.5) is 11.8 Å². The van der Waals surface area contributed by atoms with Crippen molar-refractivity contribution in [1.82, 2.24) is 25.9 Å². The summed E-state index contributed by atoms with van der Waals surface area (Å²) in [6.45, 7) is 9.85. The van der Waals surface area contributed by atoms with Gasteiger partial charge in [-0.3, -0.25) is 0 Å². The molecule has 180 valence electrons. The molecular weight excluding hydrogens is 410 g/mol. The molecule has 1 aromatic carbocycles. The van der Waals surface area contributed by atoms with Gasteiger partial charge in [-0.1, -0.05) is 43.5 Å². The smallest absolute Gasteiger partial charge is 0.225 e. The van der Waals surface area contributed by atoms with Gasteiger partial charge in [0.25, 0.3) is 0 Å². The minimum Gasteiger partial charge on any atom is -0.354 e. The number of aryl methyl sites for hydroxylation is 1. The number of rotatable bonds is 11. The van der Waals surface area contributed by atoms with E-state index in [1.807, 2.05) is 6.92 Å². The molecule has 1 saturated heterocycles. The van der Waals surface area contributed by atoms with Crippen LogP contribution in [0, 0.1) is 6.92 Å². The molecule has 2 aliphatic rings. The van der Waals surface area contributed by atoms with Gasteiger partial charge in [-0.05, 0) is 50.4 Å². The number of hydrogen-bond donors (Lipinski definition) is 4. The summed E-state index contributed by atoms with van der Waals surface area (Å²) in [7, 11) is 0. The van der Waals surface area contributed by atoms with E-state index in [4.69, 9.17) is 4.98 Å². The highest BCUT2D eigenvalue weighted by Gasteiger charge is 2.14. The van der Waals surface area contributed by atoms with Crippen LogP contribution in [0.25, 0.3) is 0 Å². The van der Waals surface area contributed by atoms with Gasteiger partial charge in [0.05, 0.1) is 0 Å². The molecule has 4 rings (SSSR count). The van der Waals surface area contributed by atoms with Gasteiger partial charge in [-0.25, -0.2) is 4.98 Å². The Morgan fingerprint density at radius 2 is 1.67 bits per heavy atom. The zero-order valence-electron chi connectivity index (χ0n) is 20.2. The Morgan fingerprint density at radius 1 is 0.939 bits per heavy atom. The minimum absolute atomic E-state index is 0.705. The average Bonchev–Trinajstić information content (AvgIpc) is 2.86. The quantitative estimate of drug-likeness (QED) is 0.391. The van der Waals surface area contributed by atoms with Gasteiger partial charge in [0, 0.05) is 57.1 Å². The average molecular weight is 452 g/mol. The van der Waals surface area contributed by atoms with E-state index in [-0.39, 0.29) is 0 Å². The van der Waals surface area contributed by atoms with Crippen molar-refractivity contribution >= 4 is 11.8 Å². The molecule has 0 spiro atoms. The van der Waals surface area contributed by atoms with Gasteiger partial charge >= 0.3 is 0 Å². The van der Waals surface area contributed by atoms with Gasteiger partial charge in [-0.2, -0.15) is 4.98 Å². The molecule has 2 aromatic rings. The van der Waals surface area contributed by atoms with Crippen molar-refractivity contribution in [2.45, 2.75) is 64.6 Å². The standard InChI is InChI=1S/C26H41N7/c1-21-18-25(33-16-14-27-15-17-33)32-26(31-21)30-20-23-10-8-22(9-11-23)19-28-12-5-13-29-24-6-3-2-4-7-24/h8-11,18,24,27-29H,2-7,12-17,19-20H2,1H3,(H,30,31,32). The minimum atomic E-state index is 0.705. The summed E-state index contributed by atoms with van der Waals surface area (Å²) in [5.74, 6) is 1.72. The molecule has 1 aliphatic heterocycles. The molecule has 0 bridgehead atoms. The maximum Gasteiger partial charge on any atom is 0.225 e. The van der Waals surface area contributed by atoms with Gasteiger partial charge in [0.15, 0.2) is 0 Å². The number of benzene rings is 1. The monoisotopic (exact) mass is 451 g/mol. The van der Waals surface area contributed by atoms with E-state index >= 15 is 0 Å². The summed E-state index contributed by atoms with van der Waals surface area (Å²) in [4.78, 5) is 11.6. The molecule has 2 heterocycles. The molecule has 0 unspecified atom stereocenters. The SMILES string of the molecule is Cc1cc(N2CCNCC2)nc(NCc2ccc(CNCCCNC3CCCCC3)cc2)n1. The summed E-state index contributed by atoms with van der Waals surface area (Å²) in [6.07, 6.45) is 8.13.